The quantitative estimate of drug-likeness (QED) is 0.740. The van der Waals surface area contributed by atoms with E-state index in [0.29, 0.717) is 12.0 Å². The first-order chi connectivity index (χ1) is 6.90. The lowest BCUT2D eigenvalue weighted by atomic mass is 10.1. The molecule has 0 saturated heterocycles. The molecular formula is C12H17NO. The normalized spacial score (nSPS) is 18.1. The first-order valence-electron chi connectivity index (χ1n) is 5.28. The first kappa shape index (κ1) is 9.69. The topological polar surface area (TPSA) is 32.3 Å². The van der Waals surface area contributed by atoms with Crippen LogP contribution in [0.25, 0.3) is 0 Å². The van der Waals surface area contributed by atoms with Crippen molar-refractivity contribution in [2.75, 3.05) is 6.61 Å². The van der Waals surface area contributed by atoms with Crippen molar-refractivity contribution in [1.82, 2.24) is 5.32 Å². The Labute approximate surface area is 85.0 Å². The molecule has 2 N–H and O–H groups in total. The van der Waals surface area contributed by atoms with Crippen LogP contribution in [0.5, 0.6) is 0 Å². The fourth-order valence-electron chi connectivity index (χ4n) is 1.72. The van der Waals surface area contributed by atoms with Gasteiger partial charge in [-0.05, 0) is 24.3 Å². The summed E-state index contributed by atoms with van der Waals surface area (Å²) in [6, 6.07) is 10.6. The molecule has 0 bridgehead atoms. The van der Waals surface area contributed by atoms with Gasteiger partial charge in [-0.25, -0.2) is 0 Å². The van der Waals surface area contributed by atoms with Gasteiger partial charge in [0.05, 0.1) is 6.61 Å². The minimum atomic E-state index is 0.261. The summed E-state index contributed by atoms with van der Waals surface area (Å²) in [5.41, 5.74) is 1.28. The van der Waals surface area contributed by atoms with Crippen LogP contribution in [0.3, 0.4) is 0 Å². The fraction of sp³-hybridized carbons (Fsp3) is 0.500. The van der Waals surface area contributed by atoms with Crippen molar-refractivity contribution in [3.05, 3.63) is 35.9 Å². The Morgan fingerprint density at radius 1 is 1.29 bits per heavy atom. The van der Waals surface area contributed by atoms with Gasteiger partial charge in [-0.1, -0.05) is 30.3 Å². The molecule has 1 atom stereocenters. The van der Waals surface area contributed by atoms with Gasteiger partial charge in [0.2, 0.25) is 0 Å². The summed E-state index contributed by atoms with van der Waals surface area (Å²) in [6.07, 6.45) is 2.54. The van der Waals surface area contributed by atoms with Crippen molar-refractivity contribution in [1.29, 1.82) is 0 Å². The second-order valence-corrected chi connectivity index (χ2v) is 3.99. The first-order valence-corrected chi connectivity index (χ1v) is 5.28. The van der Waals surface area contributed by atoms with Crippen LogP contribution in [0, 0.1) is 5.92 Å². The molecule has 14 heavy (non-hydrogen) atoms. The average molecular weight is 191 g/mol. The monoisotopic (exact) mass is 191 g/mol. The van der Waals surface area contributed by atoms with E-state index in [1.165, 1.54) is 18.4 Å². The average Bonchev–Trinajstić information content (AvgIpc) is 3.05. The Kier molecular flexibility index (Phi) is 3.17. The lowest BCUT2D eigenvalue weighted by Crippen LogP contribution is -2.33. The van der Waals surface area contributed by atoms with Crippen molar-refractivity contribution in [2.24, 2.45) is 5.92 Å². The summed E-state index contributed by atoms with van der Waals surface area (Å²) in [7, 11) is 0. The van der Waals surface area contributed by atoms with Crippen molar-refractivity contribution in [2.45, 2.75) is 25.4 Å². The van der Waals surface area contributed by atoms with Crippen LogP contribution in [0.4, 0.5) is 0 Å². The zero-order chi connectivity index (χ0) is 9.80. The Balaban J connectivity index is 1.81. The molecule has 0 unspecified atom stereocenters. The predicted octanol–water partition coefficient (Wildman–Crippen LogP) is 1.55. The zero-order valence-electron chi connectivity index (χ0n) is 8.32. The van der Waals surface area contributed by atoms with E-state index in [2.05, 4.69) is 17.4 Å². The van der Waals surface area contributed by atoms with Crippen LogP contribution in [0.2, 0.25) is 0 Å². The van der Waals surface area contributed by atoms with Crippen LogP contribution in [0.15, 0.2) is 30.3 Å². The van der Waals surface area contributed by atoms with Crippen molar-refractivity contribution in [3.8, 4) is 0 Å². The number of hydrogen-bond donors (Lipinski definition) is 2. The van der Waals surface area contributed by atoms with E-state index < -0.39 is 0 Å². The third-order valence-electron chi connectivity index (χ3n) is 2.80. The van der Waals surface area contributed by atoms with E-state index >= 15 is 0 Å². The van der Waals surface area contributed by atoms with Gasteiger partial charge >= 0.3 is 0 Å². The molecule has 2 rings (SSSR count). The van der Waals surface area contributed by atoms with Gasteiger partial charge in [-0.3, -0.25) is 0 Å². The number of aliphatic hydroxyl groups excluding tert-OH is 1. The molecule has 1 aromatic rings. The Hall–Kier alpha value is -0.860. The molecule has 1 aliphatic rings. The van der Waals surface area contributed by atoms with Gasteiger partial charge in [-0.15, -0.1) is 0 Å². The fourth-order valence-corrected chi connectivity index (χ4v) is 1.72. The number of rotatable bonds is 5. The van der Waals surface area contributed by atoms with Crippen LogP contribution in [0.1, 0.15) is 18.4 Å². The summed E-state index contributed by atoms with van der Waals surface area (Å²) in [6.45, 7) is 1.13. The molecule has 1 saturated carbocycles. The van der Waals surface area contributed by atoms with Crippen molar-refractivity contribution < 1.29 is 5.11 Å². The van der Waals surface area contributed by atoms with E-state index in [1.807, 2.05) is 18.2 Å². The Morgan fingerprint density at radius 3 is 2.57 bits per heavy atom. The summed E-state index contributed by atoms with van der Waals surface area (Å²) < 4.78 is 0. The minimum absolute atomic E-state index is 0.261. The van der Waals surface area contributed by atoms with Gasteiger partial charge < -0.3 is 10.4 Å². The number of hydrogen-bond acceptors (Lipinski definition) is 2. The zero-order valence-corrected chi connectivity index (χ0v) is 8.32. The standard InChI is InChI=1S/C12H17NO/c14-9-12(11-6-7-11)13-8-10-4-2-1-3-5-10/h1-5,11-14H,6-9H2/t12-/m0/s1. The molecular weight excluding hydrogens is 174 g/mol. The molecule has 0 amide bonds. The van der Waals surface area contributed by atoms with Gasteiger partial charge in [0, 0.05) is 12.6 Å². The molecule has 0 aliphatic heterocycles. The highest BCUT2D eigenvalue weighted by Gasteiger charge is 2.29. The lowest BCUT2D eigenvalue weighted by Gasteiger charge is -2.15. The van der Waals surface area contributed by atoms with Crippen LogP contribution >= 0.6 is 0 Å². The van der Waals surface area contributed by atoms with E-state index in [4.69, 9.17) is 5.11 Å². The summed E-state index contributed by atoms with van der Waals surface area (Å²) in [4.78, 5) is 0. The van der Waals surface area contributed by atoms with Crippen LogP contribution in [-0.4, -0.2) is 17.8 Å². The summed E-state index contributed by atoms with van der Waals surface area (Å²) in [5, 5.41) is 12.5. The van der Waals surface area contributed by atoms with Gasteiger partial charge in [0.15, 0.2) is 0 Å². The smallest absolute Gasteiger partial charge is 0.0587 e. The maximum atomic E-state index is 9.15. The Bertz CT molecular complexity index is 269. The maximum Gasteiger partial charge on any atom is 0.0587 e. The summed E-state index contributed by atoms with van der Waals surface area (Å²) >= 11 is 0. The van der Waals surface area contributed by atoms with E-state index in [1.54, 1.807) is 0 Å². The Morgan fingerprint density at radius 2 is 2.00 bits per heavy atom. The minimum Gasteiger partial charge on any atom is -0.395 e. The molecule has 0 heterocycles. The number of benzene rings is 1. The molecule has 2 nitrogen and oxygen atoms in total. The largest absolute Gasteiger partial charge is 0.395 e. The second-order valence-electron chi connectivity index (χ2n) is 3.99. The van der Waals surface area contributed by atoms with Gasteiger partial charge in [-0.2, -0.15) is 0 Å². The van der Waals surface area contributed by atoms with Gasteiger partial charge in [0.1, 0.15) is 0 Å². The summed E-state index contributed by atoms with van der Waals surface area (Å²) in [5.74, 6) is 0.712. The second kappa shape index (κ2) is 4.58. The van der Waals surface area contributed by atoms with Crippen molar-refractivity contribution in [3.63, 3.8) is 0 Å². The van der Waals surface area contributed by atoms with E-state index in [0.717, 1.165) is 6.54 Å². The van der Waals surface area contributed by atoms with Gasteiger partial charge in [0.25, 0.3) is 0 Å². The molecule has 76 valence electrons. The molecule has 1 aliphatic carbocycles. The number of aliphatic hydroxyl groups is 1. The highest BCUT2D eigenvalue weighted by molar-refractivity contribution is 5.14. The SMILES string of the molecule is OC[C@H](NCc1ccccc1)C1CC1. The number of nitrogens with one attached hydrogen (secondary N) is 1. The molecule has 2 heteroatoms. The molecule has 1 fully saturated rings. The van der Waals surface area contributed by atoms with Crippen LogP contribution < -0.4 is 5.32 Å². The molecule has 0 radical (unpaired) electrons. The van der Waals surface area contributed by atoms with Crippen molar-refractivity contribution >= 4 is 0 Å². The highest BCUT2D eigenvalue weighted by Crippen LogP contribution is 2.32. The highest BCUT2D eigenvalue weighted by atomic mass is 16.3. The molecule has 0 spiro atoms. The third kappa shape index (κ3) is 2.56. The van der Waals surface area contributed by atoms with E-state index in [-0.39, 0.29) is 6.61 Å². The molecule has 1 aromatic carbocycles. The van der Waals surface area contributed by atoms with Crippen LogP contribution in [-0.2, 0) is 6.54 Å². The maximum absolute atomic E-state index is 9.15. The predicted molar refractivity (Wildman–Crippen MR) is 56.9 cm³/mol. The van der Waals surface area contributed by atoms with E-state index in [9.17, 15) is 0 Å². The molecule has 0 aromatic heterocycles. The third-order valence-corrected chi connectivity index (χ3v) is 2.80. The lowest BCUT2D eigenvalue weighted by molar-refractivity contribution is 0.227.